The van der Waals surface area contributed by atoms with Crippen LogP contribution in [0.1, 0.15) is 36.7 Å². The third-order valence-corrected chi connectivity index (χ3v) is 5.75. The first kappa shape index (κ1) is 28.8. The molecule has 1 saturated heterocycles. The van der Waals surface area contributed by atoms with Crippen LogP contribution >= 0.6 is 0 Å². The quantitative estimate of drug-likeness (QED) is 0.383. The lowest BCUT2D eigenvalue weighted by molar-refractivity contribution is -0.162. The number of aromatic hydroxyl groups is 1. The molecule has 0 unspecified atom stereocenters. The molecule has 2 heterocycles. The summed E-state index contributed by atoms with van der Waals surface area (Å²) in [6, 6.07) is 9.07. The topological polar surface area (TPSA) is 116 Å². The SMILES string of the molecule is COc1ccnc(C(=O)N[C@H]2CCC[C@H](Oc3ccccc3)[C@@H](OCC=CC(F)(F)F)[C@H](C)OC2=O)c1O. The van der Waals surface area contributed by atoms with Crippen molar-refractivity contribution in [2.24, 2.45) is 0 Å². The van der Waals surface area contributed by atoms with Crippen LogP contribution in [0.4, 0.5) is 13.2 Å². The van der Waals surface area contributed by atoms with E-state index >= 15 is 0 Å². The average Bonchev–Trinajstić information content (AvgIpc) is 2.91. The summed E-state index contributed by atoms with van der Waals surface area (Å²) in [6.45, 7) is 1.15. The van der Waals surface area contributed by atoms with Crippen molar-refractivity contribution in [2.75, 3.05) is 13.7 Å². The molecule has 1 fully saturated rings. The molecule has 2 aromatic rings. The molecule has 9 nitrogen and oxygen atoms in total. The Morgan fingerprint density at radius 3 is 2.66 bits per heavy atom. The van der Waals surface area contributed by atoms with Crippen molar-refractivity contribution in [3.8, 4) is 17.2 Å². The summed E-state index contributed by atoms with van der Waals surface area (Å²) in [5, 5.41) is 12.8. The summed E-state index contributed by atoms with van der Waals surface area (Å²) >= 11 is 0. The molecule has 0 radical (unpaired) electrons. The molecule has 1 aromatic carbocycles. The Bertz CT molecular complexity index is 1110. The van der Waals surface area contributed by atoms with Crippen LogP contribution < -0.4 is 14.8 Å². The summed E-state index contributed by atoms with van der Waals surface area (Å²) < 4.78 is 59.9. The molecule has 12 heteroatoms. The Balaban J connectivity index is 1.78. The van der Waals surface area contributed by atoms with Crippen LogP contribution in [0.5, 0.6) is 17.2 Å². The van der Waals surface area contributed by atoms with Gasteiger partial charge in [-0.1, -0.05) is 24.3 Å². The van der Waals surface area contributed by atoms with Gasteiger partial charge < -0.3 is 29.4 Å². The number of pyridine rings is 1. The highest BCUT2D eigenvalue weighted by molar-refractivity contribution is 5.97. The largest absolute Gasteiger partial charge is 0.503 e. The van der Waals surface area contributed by atoms with E-state index in [1.807, 2.05) is 0 Å². The van der Waals surface area contributed by atoms with Crippen molar-refractivity contribution in [1.82, 2.24) is 10.3 Å². The van der Waals surface area contributed by atoms with Gasteiger partial charge in [0, 0.05) is 18.3 Å². The molecule has 1 aliphatic heterocycles. The zero-order chi connectivity index (χ0) is 27.7. The zero-order valence-electron chi connectivity index (χ0n) is 20.8. The van der Waals surface area contributed by atoms with Gasteiger partial charge in [0.1, 0.15) is 30.1 Å². The predicted molar refractivity (Wildman–Crippen MR) is 129 cm³/mol. The van der Waals surface area contributed by atoms with Gasteiger partial charge in [0.25, 0.3) is 5.91 Å². The van der Waals surface area contributed by atoms with Gasteiger partial charge in [0.15, 0.2) is 17.2 Å². The second-order valence-corrected chi connectivity index (χ2v) is 8.52. The van der Waals surface area contributed by atoms with Gasteiger partial charge >= 0.3 is 12.1 Å². The first-order valence-corrected chi connectivity index (χ1v) is 11.9. The fraction of sp³-hybridized carbons (Fsp3) is 0.423. The Morgan fingerprint density at radius 1 is 1.24 bits per heavy atom. The van der Waals surface area contributed by atoms with Gasteiger partial charge in [-0.2, -0.15) is 13.2 Å². The number of carbonyl (C=O) groups excluding carboxylic acids is 2. The lowest BCUT2D eigenvalue weighted by Crippen LogP contribution is -2.46. The van der Waals surface area contributed by atoms with Crippen molar-refractivity contribution < 1.29 is 46.8 Å². The number of amides is 1. The Labute approximate surface area is 217 Å². The zero-order valence-corrected chi connectivity index (χ0v) is 20.8. The number of ether oxygens (including phenoxy) is 4. The van der Waals surface area contributed by atoms with E-state index in [1.54, 1.807) is 30.3 Å². The van der Waals surface area contributed by atoms with Gasteiger partial charge in [-0.05, 0) is 38.3 Å². The summed E-state index contributed by atoms with van der Waals surface area (Å²) in [6.07, 6.45) is -3.94. The molecule has 1 amide bonds. The smallest absolute Gasteiger partial charge is 0.409 e. The number of allylic oxidation sites excluding steroid dienone is 1. The Hall–Kier alpha value is -3.80. The number of para-hydroxylation sites is 1. The third kappa shape index (κ3) is 8.10. The molecular formula is C26H29F3N2O7. The molecule has 0 bridgehead atoms. The standard InChI is InChI=1S/C26H29F3N2O7/c1-16-23(36-15-7-13-26(27,28)29)20(38-17-8-4-3-5-9-17)11-6-10-18(25(34)37-16)31-24(33)21-22(32)19(35-2)12-14-30-21/h3-5,7-9,12-14,16,18,20,23,32H,6,10-11,15H2,1-2H3,(H,31,33)/t16-,18-,20-,23-/m0/s1. The number of aromatic nitrogens is 1. The van der Waals surface area contributed by atoms with Crippen molar-refractivity contribution >= 4 is 11.9 Å². The lowest BCUT2D eigenvalue weighted by atomic mass is 10.0. The second-order valence-electron chi connectivity index (χ2n) is 8.52. The average molecular weight is 539 g/mol. The predicted octanol–water partition coefficient (Wildman–Crippen LogP) is 3.96. The maximum absolute atomic E-state index is 13.0. The first-order valence-electron chi connectivity index (χ1n) is 11.9. The van der Waals surface area contributed by atoms with Crippen LogP contribution in [0, 0.1) is 0 Å². The molecule has 1 aliphatic rings. The van der Waals surface area contributed by atoms with Gasteiger partial charge in [-0.25, -0.2) is 9.78 Å². The van der Waals surface area contributed by atoms with Gasteiger partial charge in [-0.3, -0.25) is 4.79 Å². The highest BCUT2D eigenvalue weighted by Gasteiger charge is 2.36. The Morgan fingerprint density at radius 2 is 1.97 bits per heavy atom. The lowest BCUT2D eigenvalue weighted by Gasteiger charge is -2.31. The third-order valence-electron chi connectivity index (χ3n) is 5.75. The minimum absolute atomic E-state index is 0.0382. The summed E-state index contributed by atoms with van der Waals surface area (Å²) in [5.41, 5.74) is -0.326. The van der Waals surface area contributed by atoms with Crippen molar-refractivity contribution in [3.05, 3.63) is 60.4 Å². The molecule has 2 N–H and O–H groups in total. The van der Waals surface area contributed by atoms with Crippen LogP contribution in [0.25, 0.3) is 0 Å². The number of alkyl halides is 3. The minimum Gasteiger partial charge on any atom is -0.503 e. The molecule has 0 spiro atoms. The fourth-order valence-corrected chi connectivity index (χ4v) is 3.96. The van der Waals surface area contributed by atoms with Crippen LogP contribution in [-0.2, 0) is 14.3 Å². The molecule has 0 aliphatic carbocycles. The maximum atomic E-state index is 13.0. The molecule has 4 atom stereocenters. The maximum Gasteiger partial charge on any atom is 0.409 e. The molecular weight excluding hydrogens is 509 g/mol. The van der Waals surface area contributed by atoms with E-state index in [1.165, 1.54) is 26.3 Å². The Kier molecular flexibility index (Phi) is 9.94. The van der Waals surface area contributed by atoms with E-state index in [9.17, 15) is 27.9 Å². The number of cyclic esters (lactones) is 1. The highest BCUT2D eigenvalue weighted by atomic mass is 19.4. The summed E-state index contributed by atoms with van der Waals surface area (Å²) in [5.74, 6) is -1.50. The van der Waals surface area contributed by atoms with Crippen molar-refractivity contribution in [1.29, 1.82) is 0 Å². The van der Waals surface area contributed by atoms with Crippen LogP contribution in [0.2, 0.25) is 0 Å². The van der Waals surface area contributed by atoms with Crippen LogP contribution in [0.3, 0.4) is 0 Å². The first-order chi connectivity index (χ1) is 18.1. The molecule has 206 valence electrons. The van der Waals surface area contributed by atoms with E-state index in [0.717, 1.165) is 6.08 Å². The number of hydrogen-bond donors (Lipinski definition) is 2. The number of benzene rings is 1. The number of nitrogens with zero attached hydrogens (tertiary/aromatic N) is 1. The number of halogens is 3. The van der Waals surface area contributed by atoms with E-state index in [-0.39, 0.29) is 30.5 Å². The van der Waals surface area contributed by atoms with Crippen molar-refractivity contribution in [3.63, 3.8) is 0 Å². The van der Waals surface area contributed by atoms with Crippen LogP contribution in [-0.4, -0.2) is 66.2 Å². The number of methoxy groups -OCH3 is 1. The van der Waals surface area contributed by atoms with Crippen molar-refractivity contribution in [2.45, 2.75) is 56.7 Å². The minimum atomic E-state index is -4.49. The summed E-state index contributed by atoms with van der Waals surface area (Å²) in [4.78, 5) is 29.6. The van der Waals surface area contributed by atoms with Crippen LogP contribution in [0.15, 0.2) is 54.7 Å². The normalized spacial score (nSPS) is 22.6. The summed E-state index contributed by atoms with van der Waals surface area (Å²) in [7, 11) is 1.32. The van der Waals surface area contributed by atoms with E-state index in [2.05, 4.69) is 10.3 Å². The number of carbonyl (C=O) groups is 2. The fourth-order valence-electron chi connectivity index (χ4n) is 3.96. The monoisotopic (exact) mass is 538 g/mol. The molecule has 38 heavy (non-hydrogen) atoms. The molecule has 0 saturated carbocycles. The number of rotatable bonds is 8. The molecule has 3 rings (SSSR count). The van der Waals surface area contributed by atoms with E-state index in [0.29, 0.717) is 18.6 Å². The van der Waals surface area contributed by atoms with E-state index < -0.39 is 48.2 Å². The molecule has 1 aromatic heterocycles. The number of nitrogens with one attached hydrogen (secondary N) is 1. The number of hydrogen-bond acceptors (Lipinski definition) is 8. The van der Waals surface area contributed by atoms with Gasteiger partial charge in [0.05, 0.1) is 13.7 Å². The second kappa shape index (κ2) is 13.1. The number of esters is 1. The van der Waals surface area contributed by atoms with Gasteiger partial charge in [0.2, 0.25) is 0 Å². The van der Waals surface area contributed by atoms with Gasteiger partial charge in [-0.15, -0.1) is 0 Å². The van der Waals surface area contributed by atoms with E-state index in [4.69, 9.17) is 18.9 Å². The highest BCUT2D eigenvalue weighted by Crippen LogP contribution is 2.28.